The maximum atomic E-state index is 14.7. The number of hydrogen-bond donors (Lipinski definition) is 1. The van der Waals surface area contributed by atoms with Crippen molar-refractivity contribution in [2.75, 3.05) is 31.1 Å². The van der Waals surface area contributed by atoms with E-state index in [9.17, 15) is 14.0 Å². The lowest BCUT2D eigenvalue weighted by Gasteiger charge is -2.19. The molecule has 4 heterocycles. The standard InChI is InChI=1S/C25H26FN5O4/c1-3-30-22(32)7-5-16-4-6-19(26)18(23(16)30)8-9-27-11-17-13-31(25(33)35-17)21-12-28-24-20(29-21)10-15(2)14-34-24/h4-7,12,17,27H,2-3,8-11,13-14H2,1H3/t17-/m0/s1. The third kappa shape index (κ3) is 4.49. The van der Waals surface area contributed by atoms with Gasteiger partial charge >= 0.3 is 6.09 Å². The van der Waals surface area contributed by atoms with Gasteiger partial charge in [0.25, 0.3) is 5.56 Å². The summed E-state index contributed by atoms with van der Waals surface area (Å²) < 4.78 is 27.2. The van der Waals surface area contributed by atoms with Gasteiger partial charge in [-0.2, -0.15) is 0 Å². The van der Waals surface area contributed by atoms with Crippen molar-refractivity contribution in [1.82, 2.24) is 19.9 Å². The molecule has 35 heavy (non-hydrogen) atoms. The van der Waals surface area contributed by atoms with Crippen LogP contribution in [0.15, 0.2) is 47.4 Å². The molecule has 0 bridgehead atoms. The highest BCUT2D eigenvalue weighted by Crippen LogP contribution is 2.27. The summed E-state index contributed by atoms with van der Waals surface area (Å²) in [4.78, 5) is 34.9. The van der Waals surface area contributed by atoms with Gasteiger partial charge in [-0.1, -0.05) is 6.58 Å². The molecule has 0 unspecified atom stereocenters. The van der Waals surface area contributed by atoms with E-state index in [1.807, 2.05) is 6.92 Å². The molecule has 3 aromatic rings. The van der Waals surface area contributed by atoms with Gasteiger partial charge in [-0.05, 0) is 49.0 Å². The highest BCUT2D eigenvalue weighted by Gasteiger charge is 2.34. The predicted octanol–water partition coefficient (Wildman–Crippen LogP) is 2.60. The molecule has 1 N–H and O–H groups in total. The van der Waals surface area contributed by atoms with Crippen molar-refractivity contribution in [2.45, 2.75) is 32.4 Å². The molecule has 0 radical (unpaired) electrons. The molecule has 1 fully saturated rings. The van der Waals surface area contributed by atoms with E-state index < -0.39 is 12.2 Å². The lowest BCUT2D eigenvalue weighted by molar-refractivity contribution is 0.140. The Morgan fingerprint density at radius 2 is 2.09 bits per heavy atom. The molecule has 2 aromatic heterocycles. The smallest absolute Gasteiger partial charge is 0.416 e. The third-order valence-corrected chi connectivity index (χ3v) is 6.21. The second kappa shape index (κ2) is 9.46. The van der Waals surface area contributed by atoms with E-state index >= 15 is 0 Å². The molecular formula is C25H26FN5O4. The van der Waals surface area contributed by atoms with Crippen molar-refractivity contribution >= 4 is 22.8 Å². The molecule has 9 nitrogen and oxygen atoms in total. The number of aromatic nitrogens is 3. The molecule has 182 valence electrons. The number of hydrogen-bond acceptors (Lipinski definition) is 7. The van der Waals surface area contributed by atoms with Crippen molar-refractivity contribution in [3.05, 3.63) is 70.0 Å². The molecule has 10 heteroatoms. The highest BCUT2D eigenvalue weighted by atomic mass is 19.1. The number of cyclic esters (lactones) is 1. The number of nitrogens with zero attached hydrogens (tertiary/aromatic N) is 4. The number of carbonyl (C=O) groups is 1. The summed E-state index contributed by atoms with van der Waals surface area (Å²) in [6.45, 7) is 7.83. The monoisotopic (exact) mass is 479 g/mol. The molecule has 1 saturated heterocycles. The fourth-order valence-corrected chi connectivity index (χ4v) is 4.52. The topological polar surface area (TPSA) is 98.6 Å². The molecular weight excluding hydrogens is 453 g/mol. The Kier molecular flexibility index (Phi) is 6.21. The molecule has 5 rings (SSSR count). The largest absolute Gasteiger partial charge is 0.472 e. The third-order valence-electron chi connectivity index (χ3n) is 6.21. The SMILES string of the molecule is C=C1COc2ncc(N3C[C@H](CNCCc4c(F)ccc5ccc(=O)n(CC)c45)OC3=O)nc2C1. The van der Waals surface area contributed by atoms with E-state index in [1.54, 1.807) is 16.7 Å². The van der Waals surface area contributed by atoms with Gasteiger partial charge in [0, 0.05) is 31.1 Å². The maximum Gasteiger partial charge on any atom is 0.416 e. The van der Waals surface area contributed by atoms with E-state index in [1.165, 1.54) is 23.2 Å². The van der Waals surface area contributed by atoms with Crippen LogP contribution >= 0.6 is 0 Å². The van der Waals surface area contributed by atoms with Gasteiger partial charge in [0.15, 0.2) is 5.82 Å². The number of ether oxygens (including phenoxy) is 2. The van der Waals surface area contributed by atoms with Crippen LogP contribution in [-0.2, 0) is 24.1 Å². The summed E-state index contributed by atoms with van der Waals surface area (Å²) >= 11 is 0. The number of benzene rings is 1. The average molecular weight is 480 g/mol. The van der Waals surface area contributed by atoms with Crippen LogP contribution in [0.5, 0.6) is 5.88 Å². The Morgan fingerprint density at radius 3 is 2.91 bits per heavy atom. The number of carbonyl (C=O) groups excluding carboxylic acids is 1. The van der Waals surface area contributed by atoms with Gasteiger partial charge in [-0.15, -0.1) is 0 Å². The first kappa shape index (κ1) is 23.0. The van der Waals surface area contributed by atoms with Gasteiger partial charge < -0.3 is 19.4 Å². The number of pyridine rings is 1. The van der Waals surface area contributed by atoms with Crippen LogP contribution < -0.4 is 20.5 Å². The van der Waals surface area contributed by atoms with Crippen LogP contribution in [0.3, 0.4) is 0 Å². The van der Waals surface area contributed by atoms with Crippen LogP contribution in [-0.4, -0.2) is 53.0 Å². The number of aryl methyl sites for hydroxylation is 1. The van der Waals surface area contributed by atoms with Gasteiger partial charge in [0.2, 0.25) is 5.88 Å². The summed E-state index contributed by atoms with van der Waals surface area (Å²) in [7, 11) is 0. The summed E-state index contributed by atoms with van der Waals surface area (Å²) in [5, 5.41) is 4.07. The lowest BCUT2D eigenvalue weighted by atomic mass is 10.1. The Morgan fingerprint density at radius 1 is 1.26 bits per heavy atom. The second-order valence-electron chi connectivity index (χ2n) is 8.65. The van der Waals surface area contributed by atoms with E-state index in [4.69, 9.17) is 9.47 Å². The number of nitrogens with one attached hydrogen (secondary N) is 1. The van der Waals surface area contributed by atoms with Crippen molar-refractivity contribution < 1.29 is 18.7 Å². The minimum Gasteiger partial charge on any atom is -0.472 e. The van der Waals surface area contributed by atoms with Crippen molar-refractivity contribution in [2.24, 2.45) is 0 Å². The first-order valence-corrected chi connectivity index (χ1v) is 11.6. The molecule has 1 atom stereocenters. The Bertz CT molecular complexity index is 1370. The molecule has 0 spiro atoms. The summed E-state index contributed by atoms with van der Waals surface area (Å²) in [5.41, 5.74) is 2.51. The van der Waals surface area contributed by atoms with Crippen LogP contribution in [0.2, 0.25) is 0 Å². The van der Waals surface area contributed by atoms with Crippen LogP contribution in [0, 0.1) is 5.82 Å². The molecule has 0 aliphatic carbocycles. The van der Waals surface area contributed by atoms with E-state index in [-0.39, 0.29) is 11.4 Å². The number of amides is 1. The quantitative estimate of drug-likeness (QED) is 0.411. The van der Waals surface area contributed by atoms with E-state index in [2.05, 4.69) is 21.9 Å². The Labute approximate surface area is 201 Å². The number of rotatable bonds is 7. The number of fused-ring (bicyclic) bond motifs is 2. The van der Waals surface area contributed by atoms with Crippen LogP contribution in [0.4, 0.5) is 15.0 Å². The van der Waals surface area contributed by atoms with Crippen molar-refractivity contribution in [3.8, 4) is 5.88 Å². The van der Waals surface area contributed by atoms with Gasteiger partial charge in [0.05, 0.1) is 18.3 Å². The van der Waals surface area contributed by atoms with Crippen molar-refractivity contribution in [3.63, 3.8) is 0 Å². The maximum absolute atomic E-state index is 14.7. The fourth-order valence-electron chi connectivity index (χ4n) is 4.52. The zero-order valence-electron chi connectivity index (χ0n) is 19.4. The summed E-state index contributed by atoms with van der Waals surface area (Å²) in [6.07, 6.45) is 1.56. The van der Waals surface area contributed by atoms with Gasteiger partial charge in [-0.3, -0.25) is 9.69 Å². The minimum atomic E-state index is -0.492. The molecule has 2 aliphatic rings. The lowest BCUT2D eigenvalue weighted by Crippen LogP contribution is -2.32. The molecule has 1 amide bonds. The molecule has 2 aliphatic heterocycles. The first-order chi connectivity index (χ1) is 16.9. The minimum absolute atomic E-state index is 0.154. The summed E-state index contributed by atoms with van der Waals surface area (Å²) in [6, 6.07) is 6.34. The Hall–Kier alpha value is -3.79. The average Bonchev–Trinajstić information content (AvgIpc) is 3.22. The van der Waals surface area contributed by atoms with Gasteiger partial charge in [-0.25, -0.2) is 19.2 Å². The number of halogens is 1. The van der Waals surface area contributed by atoms with Crippen LogP contribution in [0.25, 0.3) is 10.9 Å². The Balaban J connectivity index is 1.22. The normalized spacial score (nSPS) is 17.4. The zero-order chi connectivity index (χ0) is 24.5. The predicted molar refractivity (Wildman–Crippen MR) is 128 cm³/mol. The number of anilines is 1. The first-order valence-electron chi connectivity index (χ1n) is 11.6. The second-order valence-corrected chi connectivity index (χ2v) is 8.65. The molecule has 0 saturated carbocycles. The van der Waals surface area contributed by atoms with Crippen LogP contribution in [0.1, 0.15) is 18.2 Å². The van der Waals surface area contributed by atoms with Gasteiger partial charge in [0.1, 0.15) is 24.2 Å². The fraction of sp³-hybridized carbons (Fsp3) is 0.360. The summed E-state index contributed by atoms with van der Waals surface area (Å²) in [5.74, 6) is 0.522. The molecule has 1 aromatic carbocycles. The van der Waals surface area contributed by atoms with E-state index in [0.717, 1.165) is 11.0 Å². The zero-order valence-corrected chi connectivity index (χ0v) is 19.4. The van der Waals surface area contributed by atoms with E-state index in [0.29, 0.717) is 74.1 Å². The highest BCUT2D eigenvalue weighted by molar-refractivity contribution is 5.88. The van der Waals surface area contributed by atoms with Crippen molar-refractivity contribution in [1.29, 1.82) is 0 Å².